The van der Waals surface area contributed by atoms with Gasteiger partial charge in [-0.25, -0.2) is 0 Å². The van der Waals surface area contributed by atoms with Gasteiger partial charge in [0.15, 0.2) is 5.78 Å². The normalized spacial score (nSPS) is 9.69. The van der Waals surface area contributed by atoms with Crippen molar-refractivity contribution in [3.8, 4) is 5.75 Å². The highest BCUT2D eigenvalue weighted by molar-refractivity contribution is 9.10. The molecule has 1 rings (SSSR count). The molecule has 2 N–H and O–H groups in total. The molecule has 1 aromatic rings. The van der Waals surface area contributed by atoms with E-state index < -0.39 is 0 Å². The fourth-order valence-electron chi connectivity index (χ4n) is 0.780. The van der Waals surface area contributed by atoms with Crippen LogP contribution in [0.25, 0.3) is 0 Å². The number of ether oxygens (including phenoxy) is 1. The predicted molar refractivity (Wildman–Crippen MR) is 53.7 cm³/mol. The standard InChI is InChI=1S/C9H10BrNO2/c10-7-2-1-3-9(4-7)13-6-8(12)5-11/h1-4H,5-6,11H2. The summed E-state index contributed by atoms with van der Waals surface area (Å²) in [5.74, 6) is 0.552. The molecule has 13 heavy (non-hydrogen) atoms. The summed E-state index contributed by atoms with van der Waals surface area (Å²) < 4.78 is 6.10. The SMILES string of the molecule is NCC(=O)COc1cccc(Br)c1. The Balaban J connectivity index is 2.50. The van der Waals surface area contributed by atoms with Gasteiger partial charge in [0.25, 0.3) is 0 Å². The topological polar surface area (TPSA) is 52.3 Å². The molecule has 3 nitrogen and oxygen atoms in total. The highest BCUT2D eigenvalue weighted by Crippen LogP contribution is 2.17. The molecular formula is C9H10BrNO2. The van der Waals surface area contributed by atoms with Gasteiger partial charge in [-0.3, -0.25) is 4.79 Å². The van der Waals surface area contributed by atoms with E-state index in [0.717, 1.165) is 4.47 Å². The first-order chi connectivity index (χ1) is 6.22. The number of Topliss-reactive ketones (excluding diaryl/α,β-unsaturated/α-hetero) is 1. The van der Waals surface area contributed by atoms with Crippen molar-refractivity contribution in [2.45, 2.75) is 0 Å². The van der Waals surface area contributed by atoms with Gasteiger partial charge < -0.3 is 10.5 Å². The van der Waals surface area contributed by atoms with Gasteiger partial charge >= 0.3 is 0 Å². The second kappa shape index (κ2) is 4.99. The zero-order valence-electron chi connectivity index (χ0n) is 7.00. The molecular weight excluding hydrogens is 234 g/mol. The molecule has 0 aliphatic heterocycles. The van der Waals surface area contributed by atoms with E-state index in [-0.39, 0.29) is 18.9 Å². The molecule has 0 aliphatic carbocycles. The van der Waals surface area contributed by atoms with Crippen molar-refractivity contribution < 1.29 is 9.53 Å². The Morgan fingerprint density at radius 3 is 2.92 bits per heavy atom. The number of benzene rings is 1. The summed E-state index contributed by atoms with van der Waals surface area (Å²) in [6.45, 7) is 0.0565. The maximum atomic E-state index is 10.8. The Kier molecular flexibility index (Phi) is 3.92. The van der Waals surface area contributed by atoms with Gasteiger partial charge in [0, 0.05) is 4.47 Å². The minimum atomic E-state index is -0.111. The molecule has 0 fully saturated rings. The van der Waals surface area contributed by atoms with E-state index >= 15 is 0 Å². The third-order valence-electron chi connectivity index (χ3n) is 1.42. The number of carbonyl (C=O) groups excluding carboxylic acids is 1. The van der Waals surface area contributed by atoms with Gasteiger partial charge in [-0.05, 0) is 18.2 Å². The highest BCUT2D eigenvalue weighted by Gasteiger charge is 1.99. The number of hydrogen-bond donors (Lipinski definition) is 1. The molecule has 0 saturated heterocycles. The molecule has 0 aromatic heterocycles. The van der Waals surface area contributed by atoms with Crippen LogP contribution in [-0.2, 0) is 4.79 Å². The first-order valence-electron chi connectivity index (χ1n) is 3.82. The number of hydrogen-bond acceptors (Lipinski definition) is 3. The molecule has 0 atom stereocenters. The number of carbonyl (C=O) groups is 1. The summed E-state index contributed by atoms with van der Waals surface area (Å²) in [7, 11) is 0. The van der Waals surface area contributed by atoms with Crippen molar-refractivity contribution in [3.05, 3.63) is 28.7 Å². The maximum absolute atomic E-state index is 10.8. The van der Waals surface area contributed by atoms with E-state index in [2.05, 4.69) is 15.9 Å². The Hall–Kier alpha value is -0.870. The summed E-state index contributed by atoms with van der Waals surface area (Å²) in [5.41, 5.74) is 5.13. The van der Waals surface area contributed by atoms with Gasteiger partial charge in [0.2, 0.25) is 0 Å². The lowest BCUT2D eigenvalue weighted by atomic mass is 10.3. The Labute approximate surface area is 85.0 Å². The average Bonchev–Trinajstić information content (AvgIpc) is 2.14. The van der Waals surface area contributed by atoms with Crippen LogP contribution < -0.4 is 10.5 Å². The third kappa shape index (κ3) is 3.57. The molecule has 4 heteroatoms. The molecule has 0 amide bonds. The zero-order valence-corrected chi connectivity index (χ0v) is 8.58. The van der Waals surface area contributed by atoms with Crippen LogP contribution in [0.4, 0.5) is 0 Å². The van der Waals surface area contributed by atoms with E-state index in [1.807, 2.05) is 12.1 Å². The summed E-state index contributed by atoms with van der Waals surface area (Å²) >= 11 is 3.30. The lowest BCUT2D eigenvalue weighted by Crippen LogP contribution is -2.20. The zero-order chi connectivity index (χ0) is 9.68. The largest absolute Gasteiger partial charge is 0.486 e. The fourth-order valence-corrected chi connectivity index (χ4v) is 1.16. The number of halogens is 1. The van der Waals surface area contributed by atoms with Gasteiger partial charge in [-0.1, -0.05) is 22.0 Å². The lowest BCUT2D eigenvalue weighted by Gasteiger charge is -2.03. The molecule has 1 aromatic carbocycles. The molecule has 0 saturated carbocycles. The molecule has 0 radical (unpaired) electrons. The van der Waals surface area contributed by atoms with E-state index in [1.165, 1.54) is 0 Å². The van der Waals surface area contributed by atoms with Crippen molar-refractivity contribution in [2.75, 3.05) is 13.2 Å². The summed E-state index contributed by atoms with van der Waals surface area (Å²) in [6, 6.07) is 7.31. The van der Waals surface area contributed by atoms with Crippen LogP contribution in [0.1, 0.15) is 0 Å². The minimum absolute atomic E-state index is 0.0218. The monoisotopic (exact) mass is 243 g/mol. The molecule has 0 bridgehead atoms. The number of ketones is 1. The van der Waals surface area contributed by atoms with Crippen LogP contribution >= 0.6 is 15.9 Å². The van der Waals surface area contributed by atoms with Crippen molar-refractivity contribution in [1.82, 2.24) is 0 Å². The predicted octanol–water partition coefficient (Wildman–Crippen LogP) is 1.36. The average molecular weight is 244 g/mol. The van der Waals surface area contributed by atoms with Crippen LogP contribution in [0.15, 0.2) is 28.7 Å². The summed E-state index contributed by atoms with van der Waals surface area (Å²) in [6.07, 6.45) is 0. The maximum Gasteiger partial charge on any atom is 0.183 e. The molecule has 0 heterocycles. The van der Waals surface area contributed by atoms with Crippen LogP contribution in [0.2, 0.25) is 0 Å². The molecule has 0 unspecified atom stereocenters. The Morgan fingerprint density at radius 1 is 1.54 bits per heavy atom. The number of rotatable bonds is 4. The summed E-state index contributed by atoms with van der Waals surface area (Å²) in [4.78, 5) is 10.8. The molecule has 0 aliphatic rings. The highest BCUT2D eigenvalue weighted by atomic mass is 79.9. The van der Waals surface area contributed by atoms with E-state index in [4.69, 9.17) is 10.5 Å². The smallest absolute Gasteiger partial charge is 0.183 e. The van der Waals surface area contributed by atoms with E-state index in [9.17, 15) is 4.79 Å². The molecule has 0 spiro atoms. The van der Waals surface area contributed by atoms with Gasteiger partial charge in [-0.15, -0.1) is 0 Å². The lowest BCUT2D eigenvalue weighted by molar-refractivity contribution is -0.119. The number of nitrogens with two attached hydrogens (primary N) is 1. The van der Waals surface area contributed by atoms with E-state index in [1.54, 1.807) is 12.1 Å². The van der Waals surface area contributed by atoms with Crippen LogP contribution in [-0.4, -0.2) is 18.9 Å². The minimum Gasteiger partial charge on any atom is -0.486 e. The quantitative estimate of drug-likeness (QED) is 0.869. The van der Waals surface area contributed by atoms with Crippen LogP contribution in [0.5, 0.6) is 5.75 Å². The Bertz CT molecular complexity index is 301. The van der Waals surface area contributed by atoms with E-state index in [0.29, 0.717) is 5.75 Å². The van der Waals surface area contributed by atoms with Crippen molar-refractivity contribution in [1.29, 1.82) is 0 Å². The second-order valence-corrected chi connectivity index (χ2v) is 3.40. The summed E-state index contributed by atoms with van der Waals surface area (Å²) in [5, 5.41) is 0. The van der Waals surface area contributed by atoms with Crippen molar-refractivity contribution in [2.24, 2.45) is 5.73 Å². The second-order valence-electron chi connectivity index (χ2n) is 2.49. The third-order valence-corrected chi connectivity index (χ3v) is 1.92. The van der Waals surface area contributed by atoms with Gasteiger partial charge in [0.1, 0.15) is 12.4 Å². The first-order valence-corrected chi connectivity index (χ1v) is 4.62. The molecule has 70 valence electrons. The van der Waals surface area contributed by atoms with Crippen LogP contribution in [0, 0.1) is 0 Å². The van der Waals surface area contributed by atoms with Gasteiger partial charge in [0.05, 0.1) is 6.54 Å². The van der Waals surface area contributed by atoms with Crippen molar-refractivity contribution in [3.63, 3.8) is 0 Å². The first kappa shape index (κ1) is 10.2. The van der Waals surface area contributed by atoms with Gasteiger partial charge in [-0.2, -0.15) is 0 Å². The Morgan fingerprint density at radius 2 is 2.31 bits per heavy atom. The van der Waals surface area contributed by atoms with Crippen molar-refractivity contribution >= 4 is 21.7 Å². The fraction of sp³-hybridized carbons (Fsp3) is 0.222. The van der Waals surface area contributed by atoms with Crippen LogP contribution in [0.3, 0.4) is 0 Å².